The van der Waals surface area contributed by atoms with Crippen LogP contribution in [-0.4, -0.2) is 30.5 Å². The van der Waals surface area contributed by atoms with E-state index in [0.717, 1.165) is 5.76 Å². The summed E-state index contributed by atoms with van der Waals surface area (Å²) in [6.07, 6.45) is 1.62. The minimum Gasteiger partial charge on any atom is -0.362 e. The number of hydroxylamine groups is 1. The zero-order chi connectivity index (χ0) is 15.7. The Morgan fingerprint density at radius 3 is 2.38 bits per heavy atom. The van der Waals surface area contributed by atoms with Crippen LogP contribution in [0.25, 0.3) is 0 Å². The van der Waals surface area contributed by atoms with E-state index in [9.17, 15) is 8.53 Å². The Kier molecular flexibility index (Phi) is 6.90. The normalized spacial score (nSPS) is 12.7. The van der Waals surface area contributed by atoms with Crippen molar-refractivity contribution in [3.8, 4) is 0 Å². The molecule has 114 valence electrons. The maximum absolute atomic E-state index is 11.8. The van der Waals surface area contributed by atoms with Crippen molar-refractivity contribution in [3.63, 3.8) is 0 Å². The second-order valence-electron chi connectivity index (χ2n) is 3.79. The molecule has 21 heavy (non-hydrogen) atoms. The largest absolute Gasteiger partial charge is 0.362 e. The van der Waals surface area contributed by atoms with Crippen molar-refractivity contribution in [1.29, 1.82) is 0 Å². The first-order valence-electron chi connectivity index (χ1n) is 5.79. The average Bonchev–Trinajstić information content (AvgIpc) is 2.97. The van der Waals surface area contributed by atoms with E-state index >= 15 is 0 Å². The summed E-state index contributed by atoms with van der Waals surface area (Å²) in [6.45, 7) is 3.04. The van der Waals surface area contributed by atoms with Gasteiger partial charge in [0.15, 0.2) is 0 Å². The molecule has 0 saturated carbocycles. The molecule has 8 nitrogen and oxygen atoms in total. The van der Waals surface area contributed by atoms with Crippen molar-refractivity contribution in [2.24, 2.45) is 0 Å². The molecule has 0 aliphatic rings. The molecule has 0 bridgehead atoms. The van der Waals surface area contributed by atoms with E-state index < -0.39 is 20.1 Å². The first kappa shape index (κ1) is 17.2. The Bertz CT molecular complexity index is 587. The standard InChI is InChI=1S/C8H10AsNO5.C4H5NO/c1-7(11)10-14-9(12,15-13)8-5-3-2-4-6-8;1-4-2-3-5-6-4/h2-6,13H,1H3,(H,10,11);2-3H,1H3. The number of rotatable bonds is 4. The second-order valence-corrected chi connectivity index (χ2v) is 7.68. The number of nitrogens with zero attached hydrogens (tertiary/aromatic N) is 1. The van der Waals surface area contributed by atoms with Crippen LogP contribution in [0.5, 0.6) is 0 Å². The van der Waals surface area contributed by atoms with E-state index in [0.29, 0.717) is 0 Å². The molecule has 0 radical (unpaired) electrons. The number of hydrogen-bond acceptors (Lipinski definition) is 7. The number of aryl methyl sites for hydroxylation is 1. The van der Waals surface area contributed by atoms with E-state index in [4.69, 9.17) is 5.26 Å². The predicted molar refractivity (Wildman–Crippen MR) is 72.4 cm³/mol. The third-order valence-electron chi connectivity index (χ3n) is 2.06. The summed E-state index contributed by atoms with van der Waals surface area (Å²) < 4.78 is 25.0. The molecule has 0 aliphatic heterocycles. The van der Waals surface area contributed by atoms with E-state index in [1.54, 1.807) is 30.5 Å². The van der Waals surface area contributed by atoms with E-state index in [1.165, 1.54) is 19.1 Å². The quantitative estimate of drug-likeness (QED) is 0.473. The Morgan fingerprint density at radius 1 is 1.33 bits per heavy atom. The average molecular weight is 358 g/mol. The number of benzene rings is 1. The van der Waals surface area contributed by atoms with Gasteiger partial charge < -0.3 is 4.52 Å². The molecule has 1 atom stereocenters. The van der Waals surface area contributed by atoms with Crippen molar-refractivity contribution in [2.75, 3.05) is 0 Å². The molecule has 0 spiro atoms. The number of aromatic nitrogens is 1. The number of carbonyl (C=O) groups is 1. The molecule has 1 heterocycles. The van der Waals surface area contributed by atoms with Gasteiger partial charge in [-0.3, -0.25) is 0 Å². The monoisotopic (exact) mass is 358 g/mol. The van der Waals surface area contributed by atoms with Crippen LogP contribution in [0, 0.1) is 6.92 Å². The Hall–Kier alpha value is -1.86. The van der Waals surface area contributed by atoms with Crippen LogP contribution in [0.3, 0.4) is 0 Å². The molecule has 9 heteroatoms. The van der Waals surface area contributed by atoms with Crippen molar-refractivity contribution in [3.05, 3.63) is 48.4 Å². The van der Waals surface area contributed by atoms with E-state index in [1.807, 2.05) is 12.4 Å². The Labute approximate surface area is 123 Å². The van der Waals surface area contributed by atoms with Gasteiger partial charge in [-0.1, -0.05) is 5.16 Å². The molecule has 1 aromatic carbocycles. The zero-order valence-electron chi connectivity index (χ0n) is 11.4. The van der Waals surface area contributed by atoms with Crippen molar-refractivity contribution in [2.45, 2.75) is 13.8 Å². The van der Waals surface area contributed by atoms with Crippen LogP contribution in [-0.2, 0) is 16.2 Å². The van der Waals surface area contributed by atoms with E-state index in [2.05, 4.69) is 17.4 Å². The molecule has 2 rings (SSSR count). The molecule has 1 aromatic heterocycles. The van der Waals surface area contributed by atoms with Gasteiger partial charge in [0, 0.05) is 6.07 Å². The van der Waals surface area contributed by atoms with Gasteiger partial charge in [0.2, 0.25) is 0 Å². The fourth-order valence-electron chi connectivity index (χ4n) is 1.13. The molecule has 0 fully saturated rings. The first-order valence-corrected chi connectivity index (χ1v) is 9.03. The van der Waals surface area contributed by atoms with Gasteiger partial charge in [-0.2, -0.15) is 0 Å². The molecule has 2 N–H and O–H groups in total. The Balaban J connectivity index is 0.000000304. The van der Waals surface area contributed by atoms with Gasteiger partial charge in [-0.15, -0.1) is 0 Å². The Morgan fingerprint density at radius 2 is 2.00 bits per heavy atom. The van der Waals surface area contributed by atoms with E-state index in [-0.39, 0.29) is 4.35 Å². The summed E-state index contributed by atoms with van der Waals surface area (Å²) in [5.41, 5.74) is 1.88. The number of carbonyl (C=O) groups excluding carboxylic acids is 1. The van der Waals surface area contributed by atoms with Crippen LogP contribution in [0.1, 0.15) is 12.7 Å². The van der Waals surface area contributed by atoms with Gasteiger partial charge in [0.05, 0.1) is 6.20 Å². The van der Waals surface area contributed by atoms with Crippen LogP contribution in [0.15, 0.2) is 47.1 Å². The summed E-state index contributed by atoms with van der Waals surface area (Å²) in [5.74, 6) is 0.319. The number of hydrogen-bond donors (Lipinski definition) is 2. The molecule has 0 aliphatic carbocycles. The van der Waals surface area contributed by atoms with Gasteiger partial charge in [0.1, 0.15) is 5.76 Å². The summed E-state index contributed by atoms with van der Waals surface area (Å²) in [5, 5.41) is 12.0. The van der Waals surface area contributed by atoms with Crippen molar-refractivity contribution in [1.82, 2.24) is 10.6 Å². The number of amides is 1. The van der Waals surface area contributed by atoms with Crippen LogP contribution in [0.4, 0.5) is 0 Å². The molecule has 2 aromatic rings. The minimum absolute atomic E-state index is 0.201. The molecular weight excluding hydrogens is 343 g/mol. The topological polar surface area (TPSA) is 111 Å². The maximum Gasteiger partial charge on any atom is 0.133 e. The van der Waals surface area contributed by atoms with Crippen LogP contribution < -0.4 is 9.83 Å². The SMILES string of the molecule is CC(=O)NO[As](=O)(OO)c1ccccc1.Cc1ccno1. The zero-order valence-corrected chi connectivity index (χ0v) is 13.3. The van der Waals surface area contributed by atoms with Crippen molar-refractivity contribution >= 4 is 24.4 Å². The third-order valence-corrected chi connectivity index (χ3v) is 5.16. The molecule has 0 saturated heterocycles. The number of nitrogens with one attached hydrogen (secondary N) is 1. The fraction of sp³-hybridized carbons (Fsp3) is 0.167. The summed E-state index contributed by atoms with van der Waals surface area (Å²) in [6, 6.07) is 9.67. The summed E-state index contributed by atoms with van der Waals surface area (Å²) in [4.78, 5) is 10.6. The van der Waals surface area contributed by atoms with Gasteiger partial charge in [-0.25, -0.2) is 0 Å². The summed E-state index contributed by atoms with van der Waals surface area (Å²) >= 11 is -4.55. The third kappa shape index (κ3) is 5.97. The smallest absolute Gasteiger partial charge is 0.133 e. The fourth-order valence-corrected chi connectivity index (χ4v) is 3.27. The van der Waals surface area contributed by atoms with Gasteiger partial charge in [0.25, 0.3) is 0 Å². The molecule has 1 unspecified atom stereocenters. The first-order chi connectivity index (χ1) is 9.98. The summed E-state index contributed by atoms with van der Waals surface area (Å²) in [7, 11) is 0. The minimum atomic E-state index is -4.55. The van der Waals surface area contributed by atoms with Gasteiger partial charge >= 0.3 is 88.7 Å². The van der Waals surface area contributed by atoms with Crippen LogP contribution in [0.2, 0.25) is 0 Å². The second kappa shape index (κ2) is 8.43. The molecule has 1 amide bonds. The van der Waals surface area contributed by atoms with Crippen LogP contribution >= 0.6 is 0 Å². The predicted octanol–water partition coefficient (Wildman–Crippen LogP) is 0.803. The maximum atomic E-state index is 11.8. The van der Waals surface area contributed by atoms with Crippen molar-refractivity contribution < 1.29 is 26.0 Å². The van der Waals surface area contributed by atoms with Gasteiger partial charge in [-0.05, 0) is 6.92 Å². The molecular formula is C12H15AsN2O6.